The average Bonchev–Trinajstić information content (AvgIpc) is 3.04. The van der Waals surface area contributed by atoms with Crippen molar-refractivity contribution in [3.05, 3.63) is 53.9 Å². The minimum atomic E-state index is -0.217. The van der Waals surface area contributed by atoms with Gasteiger partial charge in [0.25, 0.3) is 0 Å². The lowest BCUT2D eigenvalue weighted by molar-refractivity contribution is -0.135. The third-order valence-corrected chi connectivity index (χ3v) is 4.97. The maximum Gasteiger partial charge on any atom is 0.116 e. The van der Waals surface area contributed by atoms with Gasteiger partial charge in [0.15, 0.2) is 0 Å². The highest BCUT2D eigenvalue weighted by Gasteiger charge is 2.38. The van der Waals surface area contributed by atoms with Crippen molar-refractivity contribution >= 4 is 0 Å². The lowest BCUT2D eigenvalue weighted by atomic mass is 10.0. The van der Waals surface area contributed by atoms with Crippen molar-refractivity contribution in [3.63, 3.8) is 0 Å². The van der Waals surface area contributed by atoms with Gasteiger partial charge < -0.3 is 14.8 Å². The van der Waals surface area contributed by atoms with E-state index in [-0.39, 0.29) is 5.60 Å². The molecular formula is C19H26N4O2. The summed E-state index contributed by atoms with van der Waals surface area (Å²) in [4.78, 5) is 2.49. The Balaban J connectivity index is 1.46. The highest BCUT2D eigenvalue weighted by molar-refractivity contribution is 5.27. The summed E-state index contributed by atoms with van der Waals surface area (Å²) in [6.07, 6.45) is 3.84. The van der Waals surface area contributed by atoms with E-state index in [1.807, 2.05) is 23.1 Å². The molecule has 0 aliphatic carbocycles. The third kappa shape index (κ3) is 4.10. The zero-order valence-electron chi connectivity index (χ0n) is 14.6. The monoisotopic (exact) mass is 342 g/mol. The second-order valence-electron chi connectivity index (χ2n) is 6.94. The molecule has 0 radical (unpaired) electrons. The van der Waals surface area contributed by atoms with Crippen LogP contribution in [0.1, 0.15) is 11.1 Å². The second kappa shape index (κ2) is 7.66. The Morgan fingerprint density at radius 3 is 2.84 bits per heavy atom. The third-order valence-electron chi connectivity index (χ3n) is 4.97. The van der Waals surface area contributed by atoms with Crippen molar-refractivity contribution in [1.82, 2.24) is 20.0 Å². The minimum absolute atomic E-state index is 0.217. The fraction of sp³-hybridized carbons (Fsp3) is 0.526. The van der Waals surface area contributed by atoms with E-state index in [2.05, 4.69) is 39.6 Å². The molecule has 2 aromatic rings. The first kappa shape index (κ1) is 16.7. The number of morpholine rings is 1. The summed E-state index contributed by atoms with van der Waals surface area (Å²) in [5.74, 6) is 0. The Morgan fingerprint density at radius 2 is 2.00 bits per heavy atom. The summed E-state index contributed by atoms with van der Waals surface area (Å²) >= 11 is 0. The normalized spacial score (nSPS) is 25.1. The number of rotatable bonds is 4. The maximum atomic E-state index is 6.13. The van der Waals surface area contributed by atoms with Gasteiger partial charge in [0.1, 0.15) is 5.60 Å². The van der Waals surface area contributed by atoms with Crippen molar-refractivity contribution in [2.24, 2.45) is 0 Å². The predicted molar refractivity (Wildman–Crippen MR) is 95.4 cm³/mol. The minimum Gasteiger partial charge on any atom is -0.377 e. The molecule has 6 nitrogen and oxygen atoms in total. The second-order valence-corrected chi connectivity index (χ2v) is 6.94. The standard InChI is InChI=1S/C19H26N4O2/c1-2-5-18(13-23-8-3-6-21-23)17(4-1)12-22-9-11-25-19(15-22)14-20-7-10-24-16-19/h1-6,8,20H,7,9-16H2/t19-/m0/s1. The Bertz CT molecular complexity index is 666. The van der Waals surface area contributed by atoms with Gasteiger partial charge in [0.2, 0.25) is 0 Å². The molecule has 3 heterocycles. The van der Waals surface area contributed by atoms with E-state index in [1.165, 1.54) is 11.1 Å². The molecule has 0 bridgehead atoms. The van der Waals surface area contributed by atoms with E-state index in [0.29, 0.717) is 6.61 Å². The first-order valence-corrected chi connectivity index (χ1v) is 9.02. The highest BCUT2D eigenvalue weighted by Crippen LogP contribution is 2.22. The summed E-state index contributed by atoms with van der Waals surface area (Å²) in [7, 11) is 0. The van der Waals surface area contributed by atoms with Crippen LogP contribution in [0.4, 0.5) is 0 Å². The first-order valence-electron chi connectivity index (χ1n) is 9.02. The molecule has 2 aliphatic heterocycles. The zero-order valence-corrected chi connectivity index (χ0v) is 14.6. The van der Waals surface area contributed by atoms with Crippen LogP contribution >= 0.6 is 0 Å². The van der Waals surface area contributed by atoms with Crippen molar-refractivity contribution in [1.29, 1.82) is 0 Å². The summed E-state index contributed by atoms with van der Waals surface area (Å²) in [6.45, 7) is 7.55. The first-order chi connectivity index (χ1) is 12.3. The fourth-order valence-corrected chi connectivity index (χ4v) is 3.70. The molecule has 1 atom stereocenters. The van der Waals surface area contributed by atoms with E-state index in [9.17, 15) is 0 Å². The molecule has 134 valence electrons. The molecule has 0 unspecified atom stereocenters. The number of benzene rings is 1. The summed E-state index contributed by atoms with van der Waals surface area (Å²) in [5.41, 5.74) is 2.46. The molecule has 1 aromatic heterocycles. The number of ether oxygens (including phenoxy) is 2. The van der Waals surface area contributed by atoms with E-state index < -0.39 is 0 Å². The van der Waals surface area contributed by atoms with E-state index >= 15 is 0 Å². The fourth-order valence-electron chi connectivity index (χ4n) is 3.70. The SMILES string of the molecule is c1ccc(Cn2cccn2)c(CN2CCO[C@@]3(CNCCOC3)C2)c1. The van der Waals surface area contributed by atoms with Crippen LogP contribution in [0.15, 0.2) is 42.7 Å². The Morgan fingerprint density at radius 1 is 1.12 bits per heavy atom. The van der Waals surface area contributed by atoms with E-state index in [0.717, 1.165) is 52.5 Å². The van der Waals surface area contributed by atoms with Gasteiger partial charge in [-0.2, -0.15) is 5.10 Å². The van der Waals surface area contributed by atoms with Crippen molar-refractivity contribution in [2.75, 3.05) is 46.0 Å². The molecule has 25 heavy (non-hydrogen) atoms. The molecule has 0 amide bonds. The Labute approximate surface area is 148 Å². The maximum absolute atomic E-state index is 6.13. The van der Waals surface area contributed by atoms with Crippen LogP contribution in [-0.2, 0) is 22.6 Å². The topological polar surface area (TPSA) is 51.5 Å². The molecule has 2 aliphatic rings. The van der Waals surface area contributed by atoms with Crippen LogP contribution < -0.4 is 5.32 Å². The molecular weight excluding hydrogens is 316 g/mol. The van der Waals surface area contributed by atoms with Gasteiger partial charge in [-0.25, -0.2) is 0 Å². The van der Waals surface area contributed by atoms with Crippen LogP contribution in [-0.4, -0.2) is 66.3 Å². The van der Waals surface area contributed by atoms with E-state index in [4.69, 9.17) is 9.47 Å². The summed E-state index contributed by atoms with van der Waals surface area (Å²) in [6, 6.07) is 10.6. The molecule has 1 spiro atoms. The largest absolute Gasteiger partial charge is 0.377 e. The smallest absolute Gasteiger partial charge is 0.116 e. The van der Waals surface area contributed by atoms with Gasteiger partial charge in [0, 0.05) is 45.1 Å². The van der Waals surface area contributed by atoms with Crippen LogP contribution in [0.25, 0.3) is 0 Å². The molecule has 2 saturated heterocycles. The van der Waals surface area contributed by atoms with Crippen molar-refractivity contribution in [2.45, 2.75) is 18.7 Å². The quantitative estimate of drug-likeness (QED) is 0.902. The lowest BCUT2D eigenvalue weighted by Crippen LogP contribution is -2.57. The average molecular weight is 342 g/mol. The van der Waals surface area contributed by atoms with Gasteiger partial charge in [-0.15, -0.1) is 0 Å². The molecule has 0 saturated carbocycles. The molecule has 6 heteroatoms. The summed E-state index contributed by atoms with van der Waals surface area (Å²) < 4.78 is 13.9. The van der Waals surface area contributed by atoms with Crippen LogP contribution in [0.3, 0.4) is 0 Å². The number of aromatic nitrogens is 2. The Kier molecular flexibility index (Phi) is 5.12. The molecule has 1 aromatic carbocycles. The lowest BCUT2D eigenvalue weighted by Gasteiger charge is -2.42. The number of nitrogens with one attached hydrogen (secondary N) is 1. The number of hydrogen-bond acceptors (Lipinski definition) is 5. The Hall–Kier alpha value is -1.73. The van der Waals surface area contributed by atoms with Crippen LogP contribution in [0.2, 0.25) is 0 Å². The zero-order chi connectivity index (χ0) is 17.0. The summed E-state index contributed by atoms with van der Waals surface area (Å²) in [5, 5.41) is 7.78. The van der Waals surface area contributed by atoms with Gasteiger partial charge in [0.05, 0.1) is 26.4 Å². The molecule has 4 rings (SSSR count). The van der Waals surface area contributed by atoms with Gasteiger partial charge in [-0.3, -0.25) is 9.58 Å². The van der Waals surface area contributed by atoms with Crippen molar-refractivity contribution in [3.8, 4) is 0 Å². The van der Waals surface area contributed by atoms with Crippen molar-refractivity contribution < 1.29 is 9.47 Å². The van der Waals surface area contributed by atoms with Gasteiger partial charge in [-0.1, -0.05) is 24.3 Å². The van der Waals surface area contributed by atoms with Crippen LogP contribution in [0, 0.1) is 0 Å². The number of nitrogens with zero attached hydrogens (tertiary/aromatic N) is 3. The predicted octanol–water partition coefficient (Wildman–Crippen LogP) is 1.12. The van der Waals surface area contributed by atoms with Gasteiger partial charge >= 0.3 is 0 Å². The molecule has 1 N–H and O–H groups in total. The molecule has 2 fully saturated rings. The van der Waals surface area contributed by atoms with E-state index in [1.54, 1.807) is 0 Å². The number of hydrogen-bond donors (Lipinski definition) is 1. The highest BCUT2D eigenvalue weighted by atomic mass is 16.5. The van der Waals surface area contributed by atoms with Crippen LogP contribution in [0.5, 0.6) is 0 Å². The van der Waals surface area contributed by atoms with Gasteiger partial charge in [-0.05, 0) is 17.2 Å².